The van der Waals surface area contributed by atoms with Gasteiger partial charge in [0.15, 0.2) is 0 Å². The van der Waals surface area contributed by atoms with Gasteiger partial charge >= 0.3 is 5.97 Å². The summed E-state index contributed by atoms with van der Waals surface area (Å²) >= 11 is 0. The van der Waals surface area contributed by atoms with Crippen molar-refractivity contribution in [2.75, 3.05) is 11.4 Å². The van der Waals surface area contributed by atoms with E-state index >= 15 is 0 Å². The maximum absolute atomic E-state index is 12.6. The van der Waals surface area contributed by atoms with Gasteiger partial charge in [0.1, 0.15) is 0 Å². The minimum absolute atomic E-state index is 0.0324. The number of hydrogen-bond acceptors (Lipinski definition) is 5. The third-order valence-corrected chi connectivity index (χ3v) is 5.26. The van der Waals surface area contributed by atoms with Gasteiger partial charge in [-0.15, -0.1) is 0 Å². The predicted molar refractivity (Wildman–Crippen MR) is 99.4 cm³/mol. The summed E-state index contributed by atoms with van der Waals surface area (Å²) in [5, 5.41) is 0.484. The zero-order chi connectivity index (χ0) is 20.0. The van der Waals surface area contributed by atoms with Crippen molar-refractivity contribution in [2.24, 2.45) is 5.92 Å². The molecular formula is C21H18N2O5. The van der Waals surface area contributed by atoms with Crippen molar-refractivity contribution in [2.45, 2.75) is 20.3 Å². The number of hydrogen-bond donors (Lipinski definition) is 0. The fraction of sp³-hybridized carbons (Fsp3) is 0.238. The Kier molecular flexibility index (Phi) is 4.22. The van der Waals surface area contributed by atoms with E-state index in [0.29, 0.717) is 5.06 Å². The van der Waals surface area contributed by atoms with Crippen LogP contribution in [0.25, 0.3) is 0 Å². The van der Waals surface area contributed by atoms with Gasteiger partial charge in [-0.05, 0) is 43.2 Å². The van der Waals surface area contributed by atoms with Crippen LogP contribution in [0.3, 0.4) is 0 Å². The molecule has 4 rings (SSSR count). The number of imide groups is 1. The van der Waals surface area contributed by atoms with Crippen molar-refractivity contribution < 1.29 is 24.0 Å². The van der Waals surface area contributed by atoms with E-state index < -0.39 is 23.7 Å². The van der Waals surface area contributed by atoms with Crippen molar-refractivity contribution in [1.82, 2.24) is 5.06 Å². The molecular weight excluding hydrogens is 360 g/mol. The van der Waals surface area contributed by atoms with E-state index in [1.807, 2.05) is 32.0 Å². The Morgan fingerprint density at radius 3 is 2.25 bits per heavy atom. The Morgan fingerprint density at radius 1 is 0.964 bits per heavy atom. The first-order valence-corrected chi connectivity index (χ1v) is 8.94. The van der Waals surface area contributed by atoms with Crippen molar-refractivity contribution in [1.29, 1.82) is 0 Å². The lowest BCUT2D eigenvalue weighted by Gasteiger charge is -2.20. The molecule has 2 aliphatic heterocycles. The smallest absolute Gasteiger partial charge is 0.329 e. The van der Waals surface area contributed by atoms with Crippen molar-refractivity contribution in [3.63, 3.8) is 0 Å². The van der Waals surface area contributed by atoms with Crippen LogP contribution in [0, 0.1) is 19.8 Å². The minimum Gasteiger partial charge on any atom is -0.329 e. The van der Waals surface area contributed by atoms with Gasteiger partial charge in [0.2, 0.25) is 5.91 Å². The fourth-order valence-electron chi connectivity index (χ4n) is 3.54. The van der Waals surface area contributed by atoms with Gasteiger partial charge in [0, 0.05) is 18.7 Å². The number of rotatable bonds is 3. The second-order valence-electron chi connectivity index (χ2n) is 6.99. The molecule has 0 bridgehead atoms. The van der Waals surface area contributed by atoms with Crippen LogP contribution in [0.1, 0.15) is 38.3 Å². The summed E-state index contributed by atoms with van der Waals surface area (Å²) in [5.41, 5.74) is 3.15. The average molecular weight is 378 g/mol. The molecule has 0 aliphatic carbocycles. The Labute approximate surface area is 161 Å². The molecule has 0 spiro atoms. The summed E-state index contributed by atoms with van der Waals surface area (Å²) in [6, 6.07) is 11.9. The molecule has 7 heteroatoms. The first kappa shape index (κ1) is 17.9. The maximum Gasteiger partial charge on any atom is 0.338 e. The number of anilines is 1. The van der Waals surface area contributed by atoms with E-state index in [4.69, 9.17) is 4.84 Å². The lowest BCUT2D eigenvalue weighted by Crippen LogP contribution is -2.36. The molecule has 3 amide bonds. The quantitative estimate of drug-likeness (QED) is 0.766. The molecule has 0 aromatic heterocycles. The number of nitrogens with zero attached hydrogens (tertiary/aromatic N) is 2. The summed E-state index contributed by atoms with van der Waals surface area (Å²) in [6.45, 7) is 4.01. The van der Waals surface area contributed by atoms with Crippen molar-refractivity contribution in [3.05, 3.63) is 64.7 Å². The number of aryl methyl sites for hydroxylation is 1. The highest BCUT2D eigenvalue weighted by atomic mass is 16.7. The first-order valence-electron chi connectivity index (χ1n) is 8.94. The van der Waals surface area contributed by atoms with E-state index in [2.05, 4.69) is 0 Å². The molecule has 1 atom stereocenters. The van der Waals surface area contributed by atoms with Gasteiger partial charge in [-0.25, -0.2) is 4.79 Å². The van der Waals surface area contributed by atoms with Crippen LogP contribution in [0.5, 0.6) is 0 Å². The molecule has 0 saturated carbocycles. The van der Waals surface area contributed by atoms with Crippen molar-refractivity contribution in [3.8, 4) is 0 Å². The SMILES string of the molecule is Cc1cccc(N2CC(C(=O)ON3C(=O)c4ccccc4C3=O)CC2=O)c1C. The lowest BCUT2D eigenvalue weighted by atomic mass is 10.1. The van der Waals surface area contributed by atoms with Crippen LogP contribution in [-0.4, -0.2) is 35.3 Å². The van der Waals surface area contributed by atoms with Crippen LogP contribution in [0.15, 0.2) is 42.5 Å². The van der Waals surface area contributed by atoms with E-state index in [-0.39, 0.29) is 30.0 Å². The molecule has 2 aromatic carbocycles. The number of carbonyl (C=O) groups is 4. The van der Waals surface area contributed by atoms with Gasteiger partial charge in [0.25, 0.3) is 11.8 Å². The molecule has 2 aliphatic rings. The van der Waals surface area contributed by atoms with Gasteiger partial charge in [-0.1, -0.05) is 29.3 Å². The van der Waals surface area contributed by atoms with Crippen LogP contribution in [0.4, 0.5) is 5.69 Å². The summed E-state index contributed by atoms with van der Waals surface area (Å²) < 4.78 is 0. The number of benzene rings is 2. The number of amides is 3. The standard InChI is InChI=1S/C21H18N2O5/c1-12-6-5-9-17(13(12)2)22-11-14(10-18(22)24)21(27)28-23-19(25)15-7-3-4-8-16(15)20(23)26/h3-9,14H,10-11H2,1-2H3. The molecule has 7 nitrogen and oxygen atoms in total. The second-order valence-corrected chi connectivity index (χ2v) is 6.99. The molecule has 1 unspecified atom stereocenters. The number of carbonyl (C=O) groups excluding carboxylic acids is 4. The molecule has 28 heavy (non-hydrogen) atoms. The normalized spacial score (nSPS) is 18.6. The molecule has 1 fully saturated rings. The van der Waals surface area contributed by atoms with Crippen LogP contribution < -0.4 is 4.90 Å². The predicted octanol–water partition coefficient (Wildman–Crippen LogP) is 2.41. The number of fused-ring (bicyclic) bond motifs is 1. The second kappa shape index (κ2) is 6.60. The highest BCUT2D eigenvalue weighted by Crippen LogP contribution is 2.31. The van der Waals surface area contributed by atoms with E-state index in [1.165, 1.54) is 12.1 Å². The maximum atomic E-state index is 12.6. The van der Waals surface area contributed by atoms with Gasteiger partial charge in [0.05, 0.1) is 17.0 Å². The van der Waals surface area contributed by atoms with Crippen LogP contribution in [-0.2, 0) is 14.4 Å². The molecule has 0 N–H and O–H groups in total. The summed E-state index contributed by atoms with van der Waals surface area (Å²) in [5.74, 6) is -3.07. The summed E-state index contributed by atoms with van der Waals surface area (Å²) in [7, 11) is 0. The molecule has 2 aromatic rings. The Balaban J connectivity index is 1.50. The average Bonchev–Trinajstić information content (AvgIpc) is 3.18. The largest absolute Gasteiger partial charge is 0.338 e. The topological polar surface area (TPSA) is 84.0 Å². The monoisotopic (exact) mass is 378 g/mol. The zero-order valence-electron chi connectivity index (χ0n) is 15.5. The molecule has 142 valence electrons. The molecule has 1 saturated heterocycles. The highest BCUT2D eigenvalue weighted by Gasteiger charge is 2.42. The van der Waals surface area contributed by atoms with Crippen LogP contribution in [0.2, 0.25) is 0 Å². The summed E-state index contributed by atoms with van der Waals surface area (Å²) in [4.78, 5) is 56.4. The molecule has 2 heterocycles. The zero-order valence-corrected chi connectivity index (χ0v) is 15.5. The van der Waals surface area contributed by atoms with Crippen LogP contribution >= 0.6 is 0 Å². The van der Waals surface area contributed by atoms with Crippen molar-refractivity contribution >= 4 is 29.4 Å². The third kappa shape index (κ3) is 2.76. The third-order valence-electron chi connectivity index (χ3n) is 5.26. The molecule has 0 radical (unpaired) electrons. The van der Waals surface area contributed by atoms with E-state index in [1.54, 1.807) is 17.0 Å². The van der Waals surface area contributed by atoms with Gasteiger partial charge in [-0.3, -0.25) is 14.4 Å². The van der Waals surface area contributed by atoms with Gasteiger partial charge < -0.3 is 9.74 Å². The van der Waals surface area contributed by atoms with Gasteiger partial charge in [-0.2, -0.15) is 0 Å². The highest BCUT2D eigenvalue weighted by molar-refractivity contribution is 6.21. The Hall–Kier alpha value is -3.48. The lowest BCUT2D eigenvalue weighted by molar-refractivity contribution is -0.173. The first-order chi connectivity index (χ1) is 13.4. The Morgan fingerprint density at radius 2 is 1.61 bits per heavy atom. The number of hydroxylamine groups is 2. The fourth-order valence-corrected chi connectivity index (χ4v) is 3.54. The Bertz CT molecular complexity index is 994. The summed E-state index contributed by atoms with van der Waals surface area (Å²) in [6.07, 6.45) is -0.0324. The van der Waals surface area contributed by atoms with E-state index in [9.17, 15) is 19.2 Å². The minimum atomic E-state index is -0.768. The van der Waals surface area contributed by atoms with E-state index in [0.717, 1.165) is 16.8 Å².